The first-order valence-corrected chi connectivity index (χ1v) is 10.4. The molecule has 2 atom stereocenters. The number of halogens is 3. The summed E-state index contributed by atoms with van der Waals surface area (Å²) in [6.07, 6.45) is 4.45. The van der Waals surface area contributed by atoms with Crippen molar-refractivity contribution in [3.63, 3.8) is 0 Å². The zero-order valence-corrected chi connectivity index (χ0v) is 18.6. The molecule has 0 radical (unpaired) electrons. The van der Waals surface area contributed by atoms with Crippen LogP contribution in [0.2, 0.25) is 0 Å². The van der Waals surface area contributed by atoms with Gasteiger partial charge in [-0.05, 0) is 24.3 Å². The van der Waals surface area contributed by atoms with Gasteiger partial charge in [-0.2, -0.15) is 5.10 Å². The van der Waals surface area contributed by atoms with E-state index in [0.29, 0.717) is 6.07 Å². The minimum Gasteiger partial charge on any atom is -0.448 e. The Balaban J connectivity index is 1.90. The van der Waals surface area contributed by atoms with Gasteiger partial charge in [-0.3, -0.25) is 10.1 Å². The second-order valence-corrected chi connectivity index (χ2v) is 7.78. The standard InChI is InChI=1S/C23H17F3N6O4/c1-14(21-20(26)9-27-11-29-21)23(10-31-13-28-12-30-31,18-7-4-16(24)8-19(18)25)36-22(33)15-2-5-17(6-3-15)32(34)35/h2-9,11-14H,10H2,1H3/t14-,23+/m0/s1. The predicted molar refractivity (Wildman–Crippen MR) is 117 cm³/mol. The summed E-state index contributed by atoms with van der Waals surface area (Å²) in [5.41, 5.74) is -2.87. The summed E-state index contributed by atoms with van der Waals surface area (Å²) < 4.78 is 51.0. The molecule has 10 nitrogen and oxygen atoms in total. The molecule has 0 amide bonds. The summed E-state index contributed by atoms with van der Waals surface area (Å²) in [6.45, 7) is 1.09. The summed E-state index contributed by atoms with van der Waals surface area (Å²) in [7, 11) is 0. The minimum atomic E-state index is -2.03. The molecule has 2 heterocycles. The number of non-ortho nitro benzene ring substituents is 1. The van der Waals surface area contributed by atoms with Crippen LogP contribution in [0, 0.1) is 27.6 Å². The van der Waals surface area contributed by atoms with E-state index in [2.05, 4.69) is 20.1 Å². The Morgan fingerprint density at radius 1 is 1.11 bits per heavy atom. The van der Waals surface area contributed by atoms with E-state index >= 15 is 4.39 Å². The normalized spacial score (nSPS) is 13.6. The molecule has 0 fully saturated rings. The number of rotatable bonds is 8. The average Bonchev–Trinajstić information content (AvgIpc) is 3.36. The van der Waals surface area contributed by atoms with Crippen LogP contribution in [0.5, 0.6) is 0 Å². The summed E-state index contributed by atoms with van der Waals surface area (Å²) in [6, 6.07) is 7.18. The number of hydrogen-bond donors (Lipinski definition) is 0. The predicted octanol–water partition coefficient (Wildman–Crippen LogP) is 3.95. The molecule has 0 N–H and O–H groups in total. The number of esters is 1. The number of carbonyl (C=O) groups excluding carboxylic acids is 1. The lowest BCUT2D eigenvalue weighted by atomic mass is 9.79. The van der Waals surface area contributed by atoms with E-state index in [4.69, 9.17) is 4.74 Å². The van der Waals surface area contributed by atoms with Crippen LogP contribution in [-0.2, 0) is 16.9 Å². The first kappa shape index (κ1) is 24.4. The van der Waals surface area contributed by atoms with Crippen molar-refractivity contribution >= 4 is 11.7 Å². The fourth-order valence-electron chi connectivity index (χ4n) is 3.82. The summed E-state index contributed by atoms with van der Waals surface area (Å²) in [5.74, 6) is -4.95. The topological polar surface area (TPSA) is 126 Å². The zero-order valence-electron chi connectivity index (χ0n) is 18.6. The number of hydrogen-bond acceptors (Lipinski definition) is 8. The molecular formula is C23H17F3N6O4. The Labute approximate surface area is 201 Å². The molecule has 0 spiro atoms. The Kier molecular flexibility index (Phi) is 6.72. The maximum absolute atomic E-state index is 15.3. The minimum absolute atomic E-state index is 0.0959. The number of ether oxygens (including phenoxy) is 1. The monoisotopic (exact) mass is 498 g/mol. The van der Waals surface area contributed by atoms with Crippen LogP contribution in [0.3, 0.4) is 0 Å². The molecule has 2 aromatic heterocycles. The Morgan fingerprint density at radius 2 is 1.86 bits per heavy atom. The van der Waals surface area contributed by atoms with Crippen LogP contribution >= 0.6 is 0 Å². The van der Waals surface area contributed by atoms with Gasteiger partial charge in [-0.25, -0.2) is 37.6 Å². The zero-order chi connectivity index (χ0) is 25.9. The lowest BCUT2D eigenvalue weighted by Gasteiger charge is -2.38. The molecule has 0 aliphatic heterocycles. The first-order valence-electron chi connectivity index (χ1n) is 10.4. The van der Waals surface area contributed by atoms with E-state index in [1.54, 1.807) is 0 Å². The van der Waals surface area contributed by atoms with Crippen molar-refractivity contribution in [2.45, 2.75) is 25.0 Å². The van der Waals surface area contributed by atoms with E-state index in [9.17, 15) is 23.7 Å². The summed E-state index contributed by atoms with van der Waals surface area (Å²) in [5, 5.41) is 15.0. The highest BCUT2D eigenvalue weighted by Crippen LogP contribution is 2.43. The Morgan fingerprint density at radius 3 is 2.47 bits per heavy atom. The summed E-state index contributed by atoms with van der Waals surface area (Å²) in [4.78, 5) is 35.0. The molecule has 0 saturated carbocycles. The van der Waals surface area contributed by atoms with Crippen LogP contribution in [0.25, 0.3) is 0 Å². The van der Waals surface area contributed by atoms with Crippen molar-refractivity contribution < 1.29 is 27.6 Å². The molecule has 0 bridgehead atoms. The van der Waals surface area contributed by atoms with Crippen molar-refractivity contribution in [2.75, 3.05) is 0 Å². The van der Waals surface area contributed by atoms with Gasteiger partial charge in [-0.1, -0.05) is 6.92 Å². The second kappa shape index (κ2) is 9.90. The van der Waals surface area contributed by atoms with E-state index in [0.717, 1.165) is 48.9 Å². The van der Waals surface area contributed by atoms with Crippen molar-refractivity contribution in [1.82, 2.24) is 24.7 Å². The van der Waals surface area contributed by atoms with Crippen molar-refractivity contribution in [2.24, 2.45) is 0 Å². The number of carbonyl (C=O) groups is 1. The smallest absolute Gasteiger partial charge is 0.339 e. The highest BCUT2D eigenvalue weighted by molar-refractivity contribution is 5.90. The molecule has 13 heteroatoms. The lowest BCUT2D eigenvalue weighted by molar-refractivity contribution is -0.384. The van der Waals surface area contributed by atoms with Crippen molar-refractivity contribution in [3.8, 4) is 0 Å². The van der Waals surface area contributed by atoms with E-state index in [-0.39, 0.29) is 29.1 Å². The van der Waals surface area contributed by atoms with Gasteiger partial charge in [0.25, 0.3) is 5.69 Å². The average molecular weight is 498 g/mol. The Bertz CT molecular complexity index is 1400. The first-order chi connectivity index (χ1) is 17.2. The molecule has 0 saturated heterocycles. The van der Waals surface area contributed by atoms with Crippen LogP contribution in [0.1, 0.15) is 34.5 Å². The number of benzene rings is 2. The van der Waals surface area contributed by atoms with Crippen LogP contribution in [0.4, 0.5) is 18.9 Å². The molecule has 4 rings (SSSR count). The number of nitro groups is 1. The lowest BCUT2D eigenvalue weighted by Crippen LogP contribution is -2.43. The maximum atomic E-state index is 15.3. The SMILES string of the molecule is C[C@@H](c1ncncc1F)[C@@](Cn1cncn1)(OC(=O)c1ccc([N+](=O)[O-])cc1)c1ccc(F)cc1F. The fraction of sp³-hybridized carbons (Fsp3) is 0.174. The highest BCUT2D eigenvalue weighted by Gasteiger charge is 2.47. The van der Waals surface area contributed by atoms with Crippen molar-refractivity contribution in [3.05, 3.63) is 112 Å². The molecule has 184 valence electrons. The summed E-state index contributed by atoms with van der Waals surface area (Å²) >= 11 is 0. The Hall–Kier alpha value is -4.68. The molecule has 0 aliphatic carbocycles. The molecule has 0 unspecified atom stereocenters. The van der Waals surface area contributed by atoms with Gasteiger partial charge in [0, 0.05) is 29.7 Å². The van der Waals surface area contributed by atoms with Gasteiger partial charge < -0.3 is 4.74 Å². The quantitative estimate of drug-likeness (QED) is 0.203. The number of nitrogens with zero attached hydrogens (tertiary/aromatic N) is 6. The molecule has 4 aromatic rings. The van der Waals surface area contributed by atoms with Gasteiger partial charge in [0.1, 0.15) is 30.6 Å². The third-order valence-electron chi connectivity index (χ3n) is 5.64. The molecule has 36 heavy (non-hydrogen) atoms. The molecule has 0 aliphatic rings. The van der Waals surface area contributed by atoms with Crippen LogP contribution in [0.15, 0.2) is 67.6 Å². The molecule has 2 aromatic carbocycles. The fourth-order valence-corrected chi connectivity index (χ4v) is 3.82. The van der Waals surface area contributed by atoms with E-state index in [1.807, 2.05) is 0 Å². The van der Waals surface area contributed by atoms with E-state index in [1.165, 1.54) is 24.3 Å². The molecular weight excluding hydrogens is 481 g/mol. The van der Waals surface area contributed by atoms with Gasteiger partial charge in [0.15, 0.2) is 11.4 Å². The number of aromatic nitrogens is 5. The third kappa shape index (κ3) is 4.76. The maximum Gasteiger partial charge on any atom is 0.339 e. The van der Waals surface area contributed by atoms with Gasteiger partial charge in [-0.15, -0.1) is 0 Å². The van der Waals surface area contributed by atoms with Crippen molar-refractivity contribution in [1.29, 1.82) is 0 Å². The van der Waals surface area contributed by atoms with Gasteiger partial charge in [0.2, 0.25) is 0 Å². The third-order valence-corrected chi connectivity index (χ3v) is 5.64. The second-order valence-electron chi connectivity index (χ2n) is 7.78. The van der Waals surface area contributed by atoms with E-state index < -0.39 is 39.9 Å². The van der Waals surface area contributed by atoms with Crippen LogP contribution in [-0.4, -0.2) is 35.6 Å². The number of nitro benzene ring substituents is 1. The highest BCUT2D eigenvalue weighted by atomic mass is 19.1. The van der Waals surface area contributed by atoms with Gasteiger partial charge >= 0.3 is 5.97 Å². The van der Waals surface area contributed by atoms with Gasteiger partial charge in [0.05, 0.1) is 28.9 Å². The van der Waals surface area contributed by atoms with Crippen LogP contribution < -0.4 is 0 Å². The largest absolute Gasteiger partial charge is 0.448 e.